The molecule has 28 heavy (non-hydrogen) atoms. The van der Waals surface area contributed by atoms with Crippen LogP contribution < -0.4 is 5.32 Å². The lowest BCUT2D eigenvalue weighted by atomic mass is 10.2. The average Bonchev–Trinajstić information content (AvgIpc) is 3.30. The normalized spacial score (nSPS) is 11.9. The second-order valence-corrected chi connectivity index (χ2v) is 8.58. The van der Waals surface area contributed by atoms with E-state index in [0.717, 1.165) is 4.31 Å². The monoisotopic (exact) mass is 404 g/mol. The summed E-state index contributed by atoms with van der Waals surface area (Å²) in [5.74, 6) is -0.268. The number of anilines is 1. The highest BCUT2D eigenvalue weighted by Crippen LogP contribution is 2.22. The first-order chi connectivity index (χ1) is 13.2. The van der Waals surface area contributed by atoms with Gasteiger partial charge in [0.15, 0.2) is 0 Å². The van der Waals surface area contributed by atoms with Crippen molar-refractivity contribution >= 4 is 21.9 Å². The quantitative estimate of drug-likeness (QED) is 0.666. The first-order valence-corrected chi connectivity index (χ1v) is 9.85. The fourth-order valence-corrected chi connectivity index (χ4v) is 3.33. The van der Waals surface area contributed by atoms with Gasteiger partial charge in [-0.1, -0.05) is 5.10 Å². The van der Waals surface area contributed by atoms with Crippen molar-refractivity contribution in [2.45, 2.75) is 24.8 Å². The maximum atomic E-state index is 12.4. The lowest BCUT2D eigenvalue weighted by molar-refractivity contribution is 0.102. The van der Waals surface area contributed by atoms with Gasteiger partial charge in [-0.3, -0.25) is 14.8 Å². The number of sulfonamides is 1. The number of aromatic nitrogens is 4. The van der Waals surface area contributed by atoms with Crippen LogP contribution in [0.3, 0.4) is 0 Å². The molecule has 0 radical (unpaired) electrons. The average molecular weight is 404 g/mol. The van der Waals surface area contributed by atoms with Gasteiger partial charge in [0.2, 0.25) is 10.0 Å². The minimum Gasteiger partial charge on any atom is -0.401 e. The number of hydrogen-bond donors (Lipinski definition) is 1. The molecule has 0 fully saturated rings. The van der Waals surface area contributed by atoms with Gasteiger partial charge < -0.3 is 4.42 Å². The van der Waals surface area contributed by atoms with Crippen molar-refractivity contribution in [1.29, 1.82) is 0 Å². The van der Waals surface area contributed by atoms with Gasteiger partial charge in [0, 0.05) is 31.9 Å². The summed E-state index contributed by atoms with van der Waals surface area (Å²) in [5, 5.41) is 14.5. The van der Waals surface area contributed by atoms with Crippen molar-refractivity contribution in [3.05, 3.63) is 42.1 Å². The van der Waals surface area contributed by atoms with E-state index in [2.05, 4.69) is 20.6 Å². The summed E-state index contributed by atoms with van der Waals surface area (Å²) in [6, 6.07) is 7.33. The second kappa shape index (κ2) is 7.52. The standard InChI is InChI=1S/C17H20N6O4S/c1-11(2)23-14(9-10-18-23)16-20-21-17(27-16)19-15(24)12-5-7-13(8-6-12)28(25,26)22(3)4/h5-11H,1-4H3,(H,19,21,24). The van der Waals surface area contributed by atoms with Crippen molar-refractivity contribution in [3.8, 4) is 11.6 Å². The predicted molar refractivity (Wildman–Crippen MR) is 101 cm³/mol. The molecule has 0 aliphatic carbocycles. The van der Waals surface area contributed by atoms with Crippen molar-refractivity contribution < 1.29 is 17.6 Å². The van der Waals surface area contributed by atoms with Gasteiger partial charge in [-0.15, -0.1) is 5.10 Å². The van der Waals surface area contributed by atoms with Gasteiger partial charge >= 0.3 is 6.01 Å². The summed E-state index contributed by atoms with van der Waals surface area (Å²) in [5.41, 5.74) is 0.894. The highest BCUT2D eigenvalue weighted by atomic mass is 32.2. The van der Waals surface area contributed by atoms with Crippen molar-refractivity contribution in [2.24, 2.45) is 0 Å². The summed E-state index contributed by atoms with van der Waals surface area (Å²) < 4.78 is 32.5. The number of rotatable bonds is 6. The third kappa shape index (κ3) is 3.80. The molecule has 0 bridgehead atoms. The summed E-state index contributed by atoms with van der Waals surface area (Å²) in [7, 11) is -0.681. The number of benzene rings is 1. The van der Waals surface area contributed by atoms with Gasteiger partial charge in [-0.05, 0) is 44.2 Å². The van der Waals surface area contributed by atoms with E-state index >= 15 is 0 Å². The smallest absolute Gasteiger partial charge is 0.322 e. The van der Waals surface area contributed by atoms with Crippen LogP contribution in [0.25, 0.3) is 11.6 Å². The minimum atomic E-state index is -3.56. The molecule has 1 N–H and O–H groups in total. The van der Waals surface area contributed by atoms with Crippen molar-refractivity contribution in [1.82, 2.24) is 24.3 Å². The zero-order valence-corrected chi connectivity index (χ0v) is 16.6. The SMILES string of the molecule is CC(C)n1nccc1-c1nnc(NC(=O)c2ccc(S(=O)(=O)N(C)C)cc2)o1. The van der Waals surface area contributed by atoms with Crippen LogP contribution in [-0.2, 0) is 10.0 Å². The molecule has 1 amide bonds. The van der Waals surface area contributed by atoms with Crippen LogP contribution in [0.1, 0.15) is 30.2 Å². The van der Waals surface area contributed by atoms with Crippen LogP contribution in [0.4, 0.5) is 6.01 Å². The lowest BCUT2D eigenvalue weighted by Gasteiger charge is -2.11. The van der Waals surface area contributed by atoms with Gasteiger partial charge in [-0.25, -0.2) is 12.7 Å². The Morgan fingerprint density at radius 1 is 1.14 bits per heavy atom. The molecule has 0 saturated heterocycles. The largest absolute Gasteiger partial charge is 0.401 e. The van der Waals surface area contributed by atoms with Gasteiger partial charge in [0.05, 0.1) is 4.90 Å². The summed E-state index contributed by atoms with van der Waals surface area (Å²) in [6.45, 7) is 3.94. The lowest BCUT2D eigenvalue weighted by Crippen LogP contribution is -2.22. The summed E-state index contributed by atoms with van der Waals surface area (Å²) in [4.78, 5) is 12.5. The maximum absolute atomic E-state index is 12.4. The number of amides is 1. The van der Waals surface area contributed by atoms with E-state index in [9.17, 15) is 13.2 Å². The van der Waals surface area contributed by atoms with Crippen LogP contribution >= 0.6 is 0 Å². The molecule has 0 unspecified atom stereocenters. The minimum absolute atomic E-state index is 0.0681. The molecule has 0 aliphatic heterocycles. The zero-order chi connectivity index (χ0) is 20.5. The molecule has 1 aromatic carbocycles. The number of hydrogen-bond acceptors (Lipinski definition) is 7. The topological polar surface area (TPSA) is 123 Å². The zero-order valence-electron chi connectivity index (χ0n) is 15.8. The highest BCUT2D eigenvalue weighted by Gasteiger charge is 2.19. The van der Waals surface area contributed by atoms with Gasteiger partial charge in [0.1, 0.15) is 5.69 Å². The van der Waals surface area contributed by atoms with Crippen LogP contribution in [0.5, 0.6) is 0 Å². The third-order valence-corrected chi connectivity index (χ3v) is 5.75. The molecule has 0 saturated carbocycles. The number of nitrogens with zero attached hydrogens (tertiary/aromatic N) is 5. The molecule has 148 valence electrons. The van der Waals surface area contributed by atoms with E-state index in [-0.39, 0.29) is 28.4 Å². The summed E-state index contributed by atoms with van der Waals surface area (Å²) in [6.07, 6.45) is 1.63. The molecule has 2 heterocycles. The van der Waals surface area contributed by atoms with E-state index in [1.807, 2.05) is 13.8 Å². The fourth-order valence-electron chi connectivity index (χ4n) is 2.43. The maximum Gasteiger partial charge on any atom is 0.322 e. The Labute approximate surface area is 162 Å². The number of carbonyl (C=O) groups is 1. The Morgan fingerprint density at radius 3 is 2.43 bits per heavy atom. The Bertz CT molecular complexity index is 1080. The Balaban J connectivity index is 1.75. The molecule has 0 spiro atoms. The Hall–Kier alpha value is -3.05. The molecule has 2 aromatic heterocycles. The first-order valence-electron chi connectivity index (χ1n) is 8.41. The summed E-state index contributed by atoms with van der Waals surface area (Å²) >= 11 is 0. The number of carbonyl (C=O) groups excluding carboxylic acids is 1. The Morgan fingerprint density at radius 2 is 1.82 bits per heavy atom. The molecule has 11 heteroatoms. The van der Waals surface area contributed by atoms with E-state index in [1.54, 1.807) is 16.9 Å². The van der Waals surface area contributed by atoms with Gasteiger partial charge in [0.25, 0.3) is 11.8 Å². The molecule has 3 rings (SSSR count). The van der Waals surface area contributed by atoms with Gasteiger partial charge in [-0.2, -0.15) is 5.10 Å². The third-order valence-electron chi connectivity index (χ3n) is 3.92. The molecular formula is C17H20N6O4S. The van der Waals surface area contributed by atoms with Crippen molar-refractivity contribution in [2.75, 3.05) is 19.4 Å². The molecule has 0 aliphatic rings. The molecule has 0 atom stereocenters. The Kier molecular flexibility index (Phi) is 5.29. The highest BCUT2D eigenvalue weighted by molar-refractivity contribution is 7.89. The van der Waals surface area contributed by atoms with E-state index in [4.69, 9.17) is 4.42 Å². The fraction of sp³-hybridized carbons (Fsp3) is 0.294. The van der Waals surface area contributed by atoms with E-state index in [0.29, 0.717) is 5.69 Å². The van der Waals surface area contributed by atoms with Crippen LogP contribution in [0.15, 0.2) is 45.8 Å². The van der Waals surface area contributed by atoms with Crippen LogP contribution in [0, 0.1) is 0 Å². The van der Waals surface area contributed by atoms with Crippen LogP contribution in [-0.4, -0.2) is 52.7 Å². The molecular weight excluding hydrogens is 384 g/mol. The van der Waals surface area contributed by atoms with E-state index < -0.39 is 15.9 Å². The molecule has 3 aromatic rings. The van der Waals surface area contributed by atoms with Crippen molar-refractivity contribution in [3.63, 3.8) is 0 Å². The predicted octanol–water partition coefficient (Wildman–Crippen LogP) is 2.02. The molecule has 10 nitrogen and oxygen atoms in total. The van der Waals surface area contributed by atoms with Crippen LogP contribution in [0.2, 0.25) is 0 Å². The number of nitrogens with one attached hydrogen (secondary N) is 1. The van der Waals surface area contributed by atoms with E-state index in [1.165, 1.54) is 38.4 Å². The second-order valence-electron chi connectivity index (χ2n) is 6.43. The first kappa shape index (κ1) is 19.7.